The molecule has 0 saturated heterocycles. The number of nitriles is 1. The Morgan fingerprint density at radius 3 is 1.97 bits per heavy atom. The molecule has 0 radical (unpaired) electrons. The third kappa shape index (κ3) is 5.20. The van der Waals surface area contributed by atoms with Gasteiger partial charge < -0.3 is 0 Å². The van der Waals surface area contributed by atoms with E-state index in [0.29, 0.717) is 5.92 Å². The SMILES string of the molecule is CC(Cc1ccc(/C=C/c2ccc(-c3ccc(C#N)c(F)c3)cc2)cc1)c1ccccc1. The molecule has 0 aliphatic heterocycles. The Balaban J connectivity index is 1.40. The number of rotatable bonds is 6. The summed E-state index contributed by atoms with van der Waals surface area (Å²) in [6, 6.07) is 33.8. The van der Waals surface area contributed by atoms with Crippen LogP contribution in [-0.4, -0.2) is 0 Å². The van der Waals surface area contributed by atoms with Gasteiger partial charge in [0.05, 0.1) is 5.56 Å². The van der Waals surface area contributed by atoms with Crippen molar-refractivity contribution in [3.63, 3.8) is 0 Å². The zero-order chi connectivity index (χ0) is 22.3. The van der Waals surface area contributed by atoms with Gasteiger partial charge in [-0.15, -0.1) is 0 Å². The van der Waals surface area contributed by atoms with E-state index in [1.54, 1.807) is 6.07 Å². The van der Waals surface area contributed by atoms with Crippen molar-refractivity contribution in [1.29, 1.82) is 5.26 Å². The van der Waals surface area contributed by atoms with Crippen LogP contribution < -0.4 is 0 Å². The van der Waals surface area contributed by atoms with Crippen molar-refractivity contribution in [3.05, 3.63) is 131 Å². The summed E-state index contributed by atoms with van der Waals surface area (Å²) < 4.78 is 13.9. The molecule has 0 amide bonds. The highest BCUT2D eigenvalue weighted by molar-refractivity contribution is 5.72. The van der Waals surface area contributed by atoms with Crippen LogP contribution in [0.25, 0.3) is 23.3 Å². The Bertz CT molecular complexity index is 1250. The standard InChI is InChI=1S/C30H24FN/c1-22(26-5-3-2-4-6-26)19-25-11-9-23(10-12-25)7-8-24-13-15-27(16-14-24)28-17-18-29(21-32)30(31)20-28/h2-18,20,22H,19H2,1H3/b8-7+. The minimum atomic E-state index is -0.490. The second kappa shape index (κ2) is 9.90. The van der Waals surface area contributed by atoms with Gasteiger partial charge in [0.1, 0.15) is 11.9 Å². The Kier molecular flexibility index (Phi) is 6.58. The van der Waals surface area contributed by atoms with Crippen molar-refractivity contribution >= 4 is 12.2 Å². The molecule has 0 saturated carbocycles. The Labute approximate surface area is 189 Å². The smallest absolute Gasteiger partial charge is 0.141 e. The van der Waals surface area contributed by atoms with Gasteiger partial charge in [-0.3, -0.25) is 0 Å². The van der Waals surface area contributed by atoms with Gasteiger partial charge >= 0.3 is 0 Å². The highest BCUT2D eigenvalue weighted by Crippen LogP contribution is 2.23. The maximum Gasteiger partial charge on any atom is 0.141 e. The third-order valence-corrected chi connectivity index (χ3v) is 5.69. The summed E-state index contributed by atoms with van der Waals surface area (Å²) in [5, 5.41) is 8.87. The quantitative estimate of drug-likeness (QED) is 0.293. The lowest BCUT2D eigenvalue weighted by atomic mass is 9.93. The predicted molar refractivity (Wildman–Crippen MR) is 130 cm³/mol. The van der Waals surface area contributed by atoms with Crippen molar-refractivity contribution in [3.8, 4) is 17.2 Å². The van der Waals surface area contributed by atoms with Crippen LogP contribution in [0.15, 0.2) is 97.1 Å². The summed E-state index contributed by atoms with van der Waals surface area (Å²) in [6.07, 6.45) is 5.19. The Morgan fingerprint density at radius 1 is 0.781 bits per heavy atom. The molecular weight excluding hydrogens is 393 g/mol. The van der Waals surface area contributed by atoms with Gasteiger partial charge in [-0.2, -0.15) is 5.26 Å². The van der Waals surface area contributed by atoms with Crippen LogP contribution in [0.1, 0.15) is 40.7 Å². The Morgan fingerprint density at radius 2 is 1.38 bits per heavy atom. The van der Waals surface area contributed by atoms with Crippen LogP contribution >= 0.6 is 0 Å². The van der Waals surface area contributed by atoms with E-state index in [9.17, 15) is 4.39 Å². The molecule has 0 aliphatic carbocycles. The molecule has 4 rings (SSSR count). The molecule has 0 N–H and O–H groups in total. The van der Waals surface area contributed by atoms with Gasteiger partial charge in [0, 0.05) is 0 Å². The molecule has 0 spiro atoms. The van der Waals surface area contributed by atoms with E-state index in [4.69, 9.17) is 5.26 Å². The summed E-state index contributed by atoms with van der Waals surface area (Å²) in [4.78, 5) is 0. The van der Waals surface area contributed by atoms with Crippen LogP contribution in [0.4, 0.5) is 4.39 Å². The van der Waals surface area contributed by atoms with Crippen molar-refractivity contribution in [2.45, 2.75) is 19.3 Å². The molecule has 156 valence electrons. The maximum absolute atomic E-state index is 13.9. The fraction of sp³-hybridized carbons (Fsp3) is 0.100. The van der Waals surface area contributed by atoms with Gasteiger partial charge in [-0.05, 0) is 57.9 Å². The minimum absolute atomic E-state index is 0.0637. The summed E-state index contributed by atoms with van der Waals surface area (Å²) in [6.45, 7) is 2.26. The highest BCUT2D eigenvalue weighted by Gasteiger charge is 2.06. The van der Waals surface area contributed by atoms with Crippen molar-refractivity contribution in [2.24, 2.45) is 0 Å². The first-order valence-corrected chi connectivity index (χ1v) is 10.7. The van der Waals surface area contributed by atoms with Crippen molar-refractivity contribution in [1.82, 2.24) is 0 Å². The maximum atomic E-state index is 13.9. The second-order valence-electron chi connectivity index (χ2n) is 8.02. The number of benzene rings is 4. The molecule has 0 fully saturated rings. The third-order valence-electron chi connectivity index (χ3n) is 5.69. The van der Waals surface area contributed by atoms with E-state index in [1.807, 2.05) is 30.3 Å². The van der Waals surface area contributed by atoms with Gasteiger partial charge in [-0.25, -0.2) is 4.39 Å². The lowest BCUT2D eigenvalue weighted by molar-refractivity contribution is 0.624. The van der Waals surface area contributed by atoms with Gasteiger partial charge in [-0.1, -0.05) is 104 Å². The lowest BCUT2D eigenvalue weighted by Gasteiger charge is -2.12. The van der Waals surface area contributed by atoms with E-state index in [1.165, 1.54) is 23.3 Å². The lowest BCUT2D eigenvalue weighted by Crippen LogP contribution is -1.98. The predicted octanol–water partition coefficient (Wildman–Crippen LogP) is 7.88. The number of halogens is 1. The summed E-state index contributed by atoms with van der Waals surface area (Å²) >= 11 is 0. The average Bonchev–Trinajstić information content (AvgIpc) is 2.84. The number of nitrogens with zero attached hydrogens (tertiary/aromatic N) is 1. The van der Waals surface area contributed by atoms with Crippen LogP contribution in [0, 0.1) is 17.1 Å². The molecule has 1 nitrogen and oxygen atoms in total. The molecule has 0 bridgehead atoms. The molecule has 0 aromatic heterocycles. The van der Waals surface area contributed by atoms with Gasteiger partial charge in [0.25, 0.3) is 0 Å². The topological polar surface area (TPSA) is 23.8 Å². The van der Waals surface area contributed by atoms with Gasteiger partial charge in [0.15, 0.2) is 0 Å². The summed E-state index contributed by atoms with van der Waals surface area (Å²) in [5.74, 6) is -0.00346. The van der Waals surface area contributed by atoms with Crippen LogP contribution in [0.3, 0.4) is 0 Å². The first-order valence-electron chi connectivity index (χ1n) is 10.7. The van der Waals surface area contributed by atoms with E-state index in [2.05, 4.69) is 73.7 Å². The molecule has 1 atom stereocenters. The summed E-state index contributed by atoms with van der Waals surface area (Å²) in [5.41, 5.74) is 6.67. The molecule has 4 aromatic rings. The van der Waals surface area contributed by atoms with Crippen LogP contribution in [0.2, 0.25) is 0 Å². The Hall–Kier alpha value is -3.96. The van der Waals surface area contributed by atoms with Crippen LogP contribution in [0.5, 0.6) is 0 Å². The monoisotopic (exact) mass is 417 g/mol. The summed E-state index contributed by atoms with van der Waals surface area (Å²) in [7, 11) is 0. The van der Waals surface area contributed by atoms with E-state index in [0.717, 1.165) is 28.7 Å². The zero-order valence-corrected chi connectivity index (χ0v) is 18.0. The second-order valence-corrected chi connectivity index (χ2v) is 8.02. The van der Waals surface area contributed by atoms with Crippen molar-refractivity contribution in [2.75, 3.05) is 0 Å². The molecule has 32 heavy (non-hydrogen) atoms. The van der Waals surface area contributed by atoms with Crippen molar-refractivity contribution < 1.29 is 4.39 Å². The molecule has 2 heteroatoms. The molecule has 0 heterocycles. The van der Waals surface area contributed by atoms with E-state index < -0.39 is 5.82 Å². The first-order chi connectivity index (χ1) is 15.6. The largest absolute Gasteiger partial charge is 0.206 e. The zero-order valence-electron chi connectivity index (χ0n) is 18.0. The highest BCUT2D eigenvalue weighted by atomic mass is 19.1. The first kappa shape index (κ1) is 21.3. The fourth-order valence-electron chi connectivity index (χ4n) is 3.78. The number of hydrogen-bond donors (Lipinski definition) is 0. The van der Waals surface area contributed by atoms with Gasteiger partial charge in [0.2, 0.25) is 0 Å². The molecule has 1 unspecified atom stereocenters. The minimum Gasteiger partial charge on any atom is -0.206 e. The number of hydrogen-bond acceptors (Lipinski definition) is 1. The normalized spacial score (nSPS) is 11.9. The molecular formula is C30H24FN. The average molecular weight is 418 g/mol. The molecule has 4 aromatic carbocycles. The van der Waals surface area contributed by atoms with E-state index >= 15 is 0 Å². The van der Waals surface area contributed by atoms with Crippen LogP contribution in [-0.2, 0) is 6.42 Å². The fourth-order valence-corrected chi connectivity index (χ4v) is 3.78. The van der Waals surface area contributed by atoms with E-state index in [-0.39, 0.29) is 5.56 Å². The molecule has 0 aliphatic rings.